The summed E-state index contributed by atoms with van der Waals surface area (Å²) < 4.78 is 5.74. The van der Waals surface area contributed by atoms with Crippen LogP contribution in [0.2, 0.25) is 0 Å². The van der Waals surface area contributed by atoms with E-state index in [4.69, 9.17) is 4.74 Å². The van der Waals surface area contributed by atoms with Gasteiger partial charge in [-0.05, 0) is 24.1 Å². The van der Waals surface area contributed by atoms with Crippen molar-refractivity contribution in [2.45, 2.75) is 13.0 Å². The number of hydrogen-bond acceptors (Lipinski definition) is 3. The monoisotopic (exact) mass is 226 g/mol. The van der Waals surface area contributed by atoms with Crippen molar-refractivity contribution in [1.29, 1.82) is 0 Å². The van der Waals surface area contributed by atoms with E-state index in [2.05, 4.69) is 22.4 Å². The second-order valence-electron chi connectivity index (χ2n) is 4.15. The van der Waals surface area contributed by atoms with Gasteiger partial charge in [0.2, 0.25) is 0 Å². The molecule has 3 nitrogen and oxygen atoms in total. The molecule has 0 atom stereocenters. The molecule has 0 fully saturated rings. The largest absolute Gasteiger partial charge is 0.489 e. The van der Waals surface area contributed by atoms with Crippen molar-refractivity contribution in [3.8, 4) is 5.75 Å². The Balaban J connectivity index is 1.70. The predicted molar refractivity (Wildman–Crippen MR) is 67.2 cm³/mol. The van der Waals surface area contributed by atoms with Crippen molar-refractivity contribution in [2.75, 3.05) is 11.9 Å². The lowest BCUT2D eigenvalue weighted by atomic mass is 10.1. The van der Waals surface area contributed by atoms with Gasteiger partial charge in [0.05, 0.1) is 0 Å². The highest BCUT2D eigenvalue weighted by molar-refractivity contribution is 5.58. The van der Waals surface area contributed by atoms with E-state index >= 15 is 0 Å². The number of rotatable bonds is 3. The summed E-state index contributed by atoms with van der Waals surface area (Å²) in [5.41, 5.74) is 3.66. The molecule has 1 aliphatic rings. The molecule has 0 spiro atoms. The van der Waals surface area contributed by atoms with Gasteiger partial charge in [-0.15, -0.1) is 0 Å². The quantitative estimate of drug-likeness (QED) is 0.873. The third-order valence-electron chi connectivity index (χ3n) is 2.92. The Labute approximate surface area is 100 Å². The number of aromatic nitrogens is 1. The summed E-state index contributed by atoms with van der Waals surface area (Å²) in [5, 5.41) is 3.35. The van der Waals surface area contributed by atoms with Crippen molar-refractivity contribution in [3.05, 3.63) is 53.9 Å². The predicted octanol–water partition coefficient (Wildman–Crippen LogP) is 2.63. The molecule has 0 radical (unpaired) electrons. The van der Waals surface area contributed by atoms with Gasteiger partial charge < -0.3 is 10.1 Å². The summed E-state index contributed by atoms with van der Waals surface area (Å²) in [4.78, 5) is 4.06. The lowest BCUT2D eigenvalue weighted by molar-refractivity contribution is 0.306. The summed E-state index contributed by atoms with van der Waals surface area (Å²) in [6.45, 7) is 1.59. The number of pyridine rings is 1. The van der Waals surface area contributed by atoms with Crippen molar-refractivity contribution in [2.24, 2.45) is 0 Å². The van der Waals surface area contributed by atoms with Gasteiger partial charge >= 0.3 is 0 Å². The van der Waals surface area contributed by atoms with E-state index < -0.39 is 0 Å². The highest BCUT2D eigenvalue weighted by atomic mass is 16.5. The summed E-state index contributed by atoms with van der Waals surface area (Å²) in [6.07, 6.45) is 4.70. The van der Waals surface area contributed by atoms with E-state index in [-0.39, 0.29) is 0 Å². The molecule has 2 aromatic rings. The minimum Gasteiger partial charge on any atom is -0.489 e. The van der Waals surface area contributed by atoms with Gasteiger partial charge in [-0.3, -0.25) is 4.98 Å². The molecule has 3 heteroatoms. The van der Waals surface area contributed by atoms with Crippen LogP contribution >= 0.6 is 0 Å². The highest BCUT2D eigenvalue weighted by Crippen LogP contribution is 2.27. The van der Waals surface area contributed by atoms with Gasteiger partial charge in [-0.1, -0.05) is 12.1 Å². The summed E-state index contributed by atoms with van der Waals surface area (Å²) >= 11 is 0. The van der Waals surface area contributed by atoms with E-state index in [9.17, 15) is 0 Å². The summed E-state index contributed by atoms with van der Waals surface area (Å²) in [6, 6.07) is 10.2. The normalized spacial score (nSPS) is 12.9. The van der Waals surface area contributed by atoms with Gasteiger partial charge in [0.15, 0.2) is 0 Å². The molecule has 1 aromatic carbocycles. The molecule has 0 amide bonds. The third-order valence-corrected chi connectivity index (χ3v) is 2.92. The van der Waals surface area contributed by atoms with Crippen LogP contribution in [0.15, 0.2) is 42.7 Å². The minimum absolute atomic E-state index is 0.562. The summed E-state index contributed by atoms with van der Waals surface area (Å²) in [7, 11) is 0. The van der Waals surface area contributed by atoms with E-state index in [1.165, 1.54) is 11.3 Å². The number of benzene rings is 1. The number of nitrogens with one attached hydrogen (secondary N) is 1. The Morgan fingerprint density at radius 3 is 3.18 bits per heavy atom. The van der Waals surface area contributed by atoms with Crippen molar-refractivity contribution in [3.63, 3.8) is 0 Å². The molecule has 0 aliphatic carbocycles. The van der Waals surface area contributed by atoms with Crippen LogP contribution in [-0.4, -0.2) is 11.5 Å². The Bertz CT molecular complexity index is 511. The van der Waals surface area contributed by atoms with Crippen LogP contribution in [0.1, 0.15) is 11.1 Å². The van der Waals surface area contributed by atoms with Crippen molar-refractivity contribution in [1.82, 2.24) is 4.98 Å². The second-order valence-corrected chi connectivity index (χ2v) is 4.15. The maximum atomic E-state index is 5.74. The Hall–Kier alpha value is -2.03. The number of ether oxygens (including phenoxy) is 1. The molecule has 1 aromatic heterocycles. The van der Waals surface area contributed by atoms with Gasteiger partial charge in [0.25, 0.3) is 0 Å². The molecule has 1 N–H and O–H groups in total. The zero-order valence-corrected chi connectivity index (χ0v) is 9.52. The fourth-order valence-electron chi connectivity index (χ4n) is 2.01. The maximum Gasteiger partial charge on any atom is 0.121 e. The average Bonchev–Trinajstić information content (AvgIpc) is 2.85. The molecule has 0 saturated heterocycles. The fourth-order valence-corrected chi connectivity index (χ4v) is 2.01. The standard InChI is InChI=1S/C14H14N2O/c1-2-11(9-15-6-1)10-17-13-4-3-12-5-7-16-14(12)8-13/h1-4,6,8-9,16H,5,7,10H2. The minimum atomic E-state index is 0.562. The second kappa shape index (κ2) is 4.45. The fraction of sp³-hybridized carbons (Fsp3) is 0.214. The smallest absolute Gasteiger partial charge is 0.121 e. The van der Waals surface area contributed by atoms with Crippen molar-refractivity contribution < 1.29 is 4.74 Å². The zero-order valence-electron chi connectivity index (χ0n) is 9.52. The van der Waals surface area contributed by atoms with Gasteiger partial charge in [0, 0.05) is 36.3 Å². The van der Waals surface area contributed by atoms with Crippen LogP contribution < -0.4 is 10.1 Å². The lowest BCUT2D eigenvalue weighted by Gasteiger charge is -2.07. The van der Waals surface area contributed by atoms with Gasteiger partial charge in [-0.25, -0.2) is 0 Å². The number of hydrogen-bond donors (Lipinski definition) is 1. The maximum absolute atomic E-state index is 5.74. The molecule has 3 rings (SSSR count). The van der Waals surface area contributed by atoms with Crippen LogP contribution in [0.25, 0.3) is 0 Å². The van der Waals surface area contributed by atoms with E-state index in [0.717, 1.165) is 24.3 Å². The van der Waals surface area contributed by atoms with Crippen LogP contribution in [-0.2, 0) is 13.0 Å². The first-order valence-electron chi connectivity index (χ1n) is 5.80. The first-order chi connectivity index (χ1) is 8.42. The van der Waals surface area contributed by atoms with Crippen LogP contribution in [0.4, 0.5) is 5.69 Å². The molecule has 86 valence electrons. The number of fused-ring (bicyclic) bond motifs is 1. The zero-order chi connectivity index (χ0) is 11.5. The summed E-state index contributed by atoms with van der Waals surface area (Å²) in [5.74, 6) is 0.905. The average molecular weight is 226 g/mol. The van der Waals surface area contributed by atoms with E-state index in [1.807, 2.05) is 24.4 Å². The molecular formula is C14H14N2O. The Morgan fingerprint density at radius 1 is 1.29 bits per heavy atom. The number of anilines is 1. The van der Waals surface area contributed by atoms with Crippen LogP contribution in [0.5, 0.6) is 5.75 Å². The van der Waals surface area contributed by atoms with Crippen LogP contribution in [0, 0.1) is 0 Å². The molecule has 1 aliphatic heterocycles. The Kier molecular flexibility index (Phi) is 2.66. The highest BCUT2D eigenvalue weighted by Gasteiger charge is 2.10. The molecular weight excluding hydrogens is 212 g/mol. The van der Waals surface area contributed by atoms with Gasteiger partial charge in [-0.2, -0.15) is 0 Å². The molecule has 0 unspecified atom stereocenters. The first kappa shape index (κ1) is 10.1. The Morgan fingerprint density at radius 2 is 2.29 bits per heavy atom. The molecule has 17 heavy (non-hydrogen) atoms. The van der Waals surface area contributed by atoms with E-state index in [1.54, 1.807) is 6.20 Å². The lowest BCUT2D eigenvalue weighted by Crippen LogP contribution is -1.96. The van der Waals surface area contributed by atoms with E-state index in [0.29, 0.717) is 6.61 Å². The topological polar surface area (TPSA) is 34.1 Å². The number of nitrogens with zero attached hydrogens (tertiary/aromatic N) is 1. The van der Waals surface area contributed by atoms with Gasteiger partial charge in [0.1, 0.15) is 12.4 Å². The molecule has 0 saturated carbocycles. The molecule has 2 heterocycles. The van der Waals surface area contributed by atoms with Crippen LogP contribution in [0.3, 0.4) is 0 Å². The third kappa shape index (κ3) is 2.23. The molecule has 0 bridgehead atoms. The van der Waals surface area contributed by atoms with Crippen molar-refractivity contribution >= 4 is 5.69 Å². The first-order valence-corrected chi connectivity index (χ1v) is 5.80. The SMILES string of the molecule is c1cncc(COc2ccc3c(c2)NCC3)c1.